The molecule has 6 nitrogen and oxygen atoms in total. The van der Waals surface area contributed by atoms with Gasteiger partial charge in [0.1, 0.15) is 17.0 Å². The summed E-state index contributed by atoms with van der Waals surface area (Å²) in [5.41, 5.74) is 6.76. The minimum absolute atomic E-state index is 0.286. The van der Waals surface area contributed by atoms with E-state index in [1.54, 1.807) is 24.5 Å². The summed E-state index contributed by atoms with van der Waals surface area (Å²) >= 11 is 0. The zero-order valence-corrected chi connectivity index (χ0v) is 16.2. The number of fused-ring (bicyclic) bond motifs is 2. The van der Waals surface area contributed by atoms with Gasteiger partial charge in [-0.15, -0.1) is 0 Å². The molecule has 0 radical (unpaired) electrons. The minimum atomic E-state index is -0.286. The first-order valence-electron chi connectivity index (χ1n) is 9.76. The Hall–Kier alpha value is -4.39. The van der Waals surface area contributed by atoms with Crippen LogP contribution in [0.3, 0.4) is 0 Å². The van der Waals surface area contributed by atoms with Crippen LogP contribution in [0.4, 0.5) is 4.39 Å². The Bertz CT molecular complexity index is 1530. The number of aromatic nitrogens is 6. The molecule has 0 saturated carbocycles. The van der Waals surface area contributed by atoms with Gasteiger partial charge in [-0.1, -0.05) is 12.1 Å². The molecule has 0 aliphatic carbocycles. The highest BCUT2D eigenvalue weighted by atomic mass is 19.1. The molecule has 0 aliphatic rings. The summed E-state index contributed by atoms with van der Waals surface area (Å²) in [7, 11) is 0. The number of H-pyrrole nitrogens is 2. The number of hydrogen-bond acceptors (Lipinski definition) is 4. The fourth-order valence-electron chi connectivity index (χ4n) is 3.77. The maximum Gasteiger partial charge on any atom is 0.159 e. The number of imidazole rings is 1. The molecule has 0 aliphatic heterocycles. The van der Waals surface area contributed by atoms with Crippen molar-refractivity contribution >= 4 is 21.9 Å². The van der Waals surface area contributed by atoms with Gasteiger partial charge < -0.3 is 4.98 Å². The van der Waals surface area contributed by atoms with Crippen LogP contribution in [0.1, 0.15) is 0 Å². The van der Waals surface area contributed by atoms with Crippen molar-refractivity contribution in [3.05, 3.63) is 85.1 Å². The second-order valence-corrected chi connectivity index (χ2v) is 7.22. The number of benzene rings is 2. The first-order chi connectivity index (χ1) is 15.3. The molecule has 4 aromatic heterocycles. The lowest BCUT2D eigenvalue weighted by atomic mass is 10.0. The SMILES string of the molecule is Fc1ccc(-c2nccc3[nH]c(-c4n[nH]c5ccc(-c6cccnc6)cc45)nc23)cc1. The fourth-order valence-corrected chi connectivity index (χ4v) is 3.77. The average molecular weight is 406 g/mol. The summed E-state index contributed by atoms with van der Waals surface area (Å²) in [6.07, 6.45) is 5.31. The van der Waals surface area contributed by atoms with E-state index in [1.165, 1.54) is 12.1 Å². The van der Waals surface area contributed by atoms with E-state index in [9.17, 15) is 4.39 Å². The fraction of sp³-hybridized carbons (Fsp3) is 0. The van der Waals surface area contributed by atoms with E-state index in [0.717, 1.165) is 38.8 Å². The van der Waals surface area contributed by atoms with Crippen LogP contribution in [0.5, 0.6) is 0 Å². The van der Waals surface area contributed by atoms with Crippen molar-refractivity contribution in [2.45, 2.75) is 0 Å². The molecule has 0 unspecified atom stereocenters. The van der Waals surface area contributed by atoms with E-state index in [2.05, 4.69) is 31.2 Å². The summed E-state index contributed by atoms with van der Waals surface area (Å²) in [4.78, 5) is 16.8. The number of hydrogen-bond donors (Lipinski definition) is 2. The number of pyridine rings is 2. The number of aromatic amines is 2. The molecule has 4 heterocycles. The second kappa shape index (κ2) is 6.84. The normalized spacial score (nSPS) is 11.4. The van der Waals surface area contributed by atoms with Gasteiger partial charge >= 0.3 is 0 Å². The number of nitrogens with zero attached hydrogens (tertiary/aromatic N) is 4. The van der Waals surface area contributed by atoms with Crippen LogP contribution in [-0.2, 0) is 0 Å². The Balaban J connectivity index is 1.51. The molecule has 0 bridgehead atoms. The van der Waals surface area contributed by atoms with E-state index < -0.39 is 0 Å². The second-order valence-electron chi connectivity index (χ2n) is 7.22. The van der Waals surface area contributed by atoms with Gasteiger partial charge in [0, 0.05) is 35.1 Å². The molecule has 2 aromatic carbocycles. The van der Waals surface area contributed by atoms with Crippen LogP contribution < -0.4 is 0 Å². The Morgan fingerprint density at radius 1 is 0.774 bits per heavy atom. The van der Waals surface area contributed by atoms with E-state index in [4.69, 9.17) is 4.98 Å². The Morgan fingerprint density at radius 2 is 1.65 bits per heavy atom. The number of nitrogens with one attached hydrogen (secondary N) is 2. The predicted octanol–water partition coefficient (Wildman–Crippen LogP) is 5.37. The Kier molecular flexibility index (Phi) is 3.86. The van der Waals surface area contributed by atoms with Gasteiger partial charge in [0.05, 0.1) is 16.7 Å². The third kappa shape index (κ3) is 2.95. The number of halogens is 1. The Labute approximate surface area is 175 Å². The molecule has 6 rings (SSSR count). The third-order valence-electron chi connectivity index (χ3n) is 5.30. The first kappa shape index (κ1) is 17.5. The van der Waals surface area contributed by atoms with Crippen molar-refractivity contribution in [3.8, 4) is 33.9 Å². The van der Waals surface area contributed by atoms with Gasteiger partial charge in [0.2, 0.25) is 0 Å². The molecule has 2 N–H and O–H groups in total. The van der Waals surface area contributed by atoms with E-state index in [-0.39, 0.29) is 5.82 Å². The molecule has 0 spiro atoms. The summed E-state index contributed by atoms with van der Waals surface area (Å²) in [6, 6.07) is 18.2. The third-order valence-corrected chi connectivity index (χ3v) is 5.30. The van der Waals surface area contributed by atoms with E-state index >= 15 is 0 Å². The van der Waals surface area contributed by atoms with Gasteiger partial charge in [0.15, 0.2) is 5.82 Å². The zero-order valence-electron chi connectivity index (χ0n) is 16.2. The van der Waals surface area contributed by atoms with E-state index in [0.29, 0.717) is 17.0 Å². The smallest absolute Gasteiger partial charge is 0.159 e. The molecule has 31 heavy (non-hydrogen) atoms. The van der Waals surface area contributed by atoms with Crippen LogP contribution in [0.2, 0.25) is 0 Å². The summed E-state index contributed by atoms with van der Waals surface area (Å²) in [5.74, 6) is 0.354. The summed E-state index contributed by atoms with van der Waals surface area (Å²) in [5, 5.41) is 8.54. The largest absolute Gasteiger partial charge is 0.336 e. The molecule has 148 valence electrons. The molecular formula is C24H15FN6. The lowest BCUT2D eigenvalue weighted by molar-refractivity contribution is 0.628. The topological polar surface area (TPSA) is 83.1 Å². The van der Waals surface area contributed by atoms with Crippen LogP contribution in [-0.4, -0.2) is 30.1 Å². The van der Waals surface area contributed by atoms with Gasteiger partial charge in [-0.3, -0.25) is 15.1 Å². The highest BCUT2D eigenvalue weighted by molar-refractivity contribution is 5.97. The summed E-state index contributed by atoms with van der Waals surface area (Å²) in [6.45, 7) is 0. The van der Waals surface area contributed by atoms with Crippen molar-refractivity contribution in [3.63, 3.8) is 0 Å². The van der Waals surface area contributed by atoms with Crippen LogP contribution >= 0.6 is 0 Å². The van der Waals surface area contributed by atoms with Crippen LogP contribution in [0.15, 0.2) is 79.3 Å². The average Bonchev–Trinajstić information content (AvgIpc) is 3.43. The molecule has 0 atom stereocenters. The zero-order chi connectivity index (χ0) is 20.8. The van der Waals surface area contributed by atoms with Crippen molar-refractivity contribution in [1.29, 1.82) is 0 Å². The molecular weight excluding hydrogens is 391 g/mol. The van der Waals surface area contributed by atoms with Crippen molar-refractivity contribution < 1.29 is 4.39 Å². The predicted molar refractivity (Wildman–Crippen MR) is 118 cm³/mol. The maximum absolute atomic E-state index is 13.4. The van der Waals surface area contributed by atoms with Gasteiger partial charge in [-0.2, -0.15) is 5.10 Å². The van der Waals surface area contributed by atoms with Gasteiger partial charge in [-0.05, 0) is 54.1 Å². The molecule has 7 heteroatoms. The quantitative estimate of drug-likeness (QED) is 0.414. The van der Waals surface area contributed by atoms with Gasteiger partial charge in [0.25, 0.3) is 0 Å². The van der Waals surface area contributed by atoms with Crippen molar-refractivity contribution in [2.75, 3.05) is 0 Å². The maximum atomic E-state index is 13.4. The molecule has 0 saturated heterocycles. The van der Waals surface area contributed by atoms with Gasteiger partial charge in [-0.25, -0.2) is 9.37 Å². The lowest BCUT2D eigenvalue weighted by Gasteiger charge is -2.01. The lowest BCUT2D eigenvalue weighted by Crippen LogP contribution is -1.86. The minimum Gasteiger partial charge on any atom is -0.336 e. The van der Waals surface area contributed by atoms with Crippen LogP contribution in [0, 0.1) is 5.82 Å². The standard InChI is InChI=1S/C24H15FN6/c25-17-6-3-14(4-7-17)21-23-20(9-11-27-21)28-24(29-23)22-18-12-15(5-8-19(18)30-31-22)16-2-1-10-26-13-16/h1-13H,(H,28,29)(H,30,31). The monoisotopic (exact) mass is 406 g/mol. The van der Waals surface area contributed by atoms with Crippen molar-refractivity contribution in [2.24, 2.45) is 0 Å². The molecule has 6 aromatic rings. The highest BCUT2D eigenvalue weighted by Crippen LogP contribution is 2.32. The summed E-state index contributed by atoms with van der Waals surface area (Å²) < 4.78 is 13.4. The number of rotatable bonds is 3. The molecule has 0 fully saturated rings. The Morgan fingerprint density at radius 3 is 2.48 bits per heavy atom. The van der Waals surface area contributed by atoms with E-state index in [1.807, 2.05) is 36.5 Å². The highest BCUT2D eigenvalue weighted by Gasteiger charge is 2.16. The molecule has 0 amide bonds. The first-order valence-corrected chi connectivity index (χ1v) is 9.76. The van der Waals surface area contributed by atoms with Crippen LogP contribution in [0.25, 0.3) is 55.8 Å². The van der Waals surface area contributed by atoms with Crippen molar-refractivity contribution in [1.82, 2.24) is 30.1 Å².